The molecule has 5 nitrogen and oxygen atoms in total. The summed E-state index contributed by atoms with van der Waals surface area (Å²) < 4.78 is 0. The Morgan fingerprint density at radius 3 is 2.87 bits per heavy atom. The van der Waals surface area contributed by atoms with E-state index in [1.54, 1.807) is 0 Å². The Bertz CT molecular complexity index is 250. The van der Waals surface area contributed by atoms with Crippen LogP contribution in [0.3, 0.4) is 0 Å². The maximum Gasteiger partial charge on any atom is 0.217 e. The number of hydrogen-bond donors (Lipinski definition) is 1. The molecule has 0 aliphatic heterocycles. The molecule has 1 rings (SSSR count). The minimum atomic E-state index is -0.381. The van der Waals surface area contributed by atoms with E-state index in [4.69, 9.17) is 5.26 Å². The standard InChI is InChI=1S/C10H17N3O2/c11-6-3-7-12-8-9-4-1-2-5-10(9)13(14)15/h9-10,12H,1-5,7-8H2. The third-order valence-corrected chi connectivity index (χ3v) is 2.96. The number of nitriles is 1. The van der Waals surface area contributed by atoms with Gasteiger partial charge in [0, 0.05) is 36.8 Å². The average Bonchev–Trinajstić information content (AvgIpc) is 2.25. The van der Waals surface area contributed by atoms with Gasteiger partial charge in [-0.05, 0) is 12.8 Å². The number of nitrogens with zero attached hydrogens (tertiary/aromatic N) is 2. The van der Waals surface area contributed by atoms with Gasteiger partial charge in [0.15, 0.2) is 0 Å². The van der Waals surface area contributed by atoms with Crippen molar-refractivity contribution in [3.8, 4) is 6.07 Å². The van der Waals surface area contributed by atoms with Gasteiger partial charge >= 0.3 is 0 Å². The second-order valence-electron chi connectivity index (χ2n) is 4.01. The minimum absolute atomic E-state index is 0.143. The van der Waals surface area contributed by atoms with Crippen LogP contribution in [0, 0.1) is 27.4 Å². The van der Waals surface area contributed by atoms with Gasteiger partial charge in [-0.15, -0.1) is 0 Å². The van der Waals surface area contributed by atoms with Gasteiger partial charge in [0.25, 0.3) is 0 Å². The van der Waals surface area contributed by atoms with E-state index in [1.165, 1.54) is 0 Å². The lowest BCUT2D eigenvalue weighted by atomic mass is 9.85. The summed E-state index contributed by atoms with van der Waals surface area (Å²) in [5, 5.41) is 22.2. The van der Waals surface area contributed by atoms with E-state index in [2.05, 4.69) is 5.32 Å². The molecule has 2 atom stereocenters. The van der Waals surface area contributed by atoms with Gasteiger partial charge in [-0.1, -0.05) is 6.42 Å². The first kappa shape index (κ1) is 11.9. The SMILES string of the molecule is N#CCCNCC1CCCCC1[N+](=O)[O-]. The predicted octanol–water partition coefficient (Wildman–Crippen LogP) is 1.33. The van der Waals surface area contributed by atoms with E-state index in [0.717, 1.165) is 19.3 Å². The molecule has 0 aromatic carbocycles. The Labute approximate surface area is 89.6 Å². The van der Waals surface area contributed by atoms with Crippen LogP contribution in [0.1, 0.15) is 32.1 Å². The quantitative estimate of drug-likeness (QED) is 0.422. The first-order valence-corrected chi connectivity index (χ1v) is 5.47. The molecule has 0 aromatic heterocycles. The fourth-order valence-corrected chi connectivity index (χ4v) is 2.14. The molecular weight excluding hydrogens is 194 g/mol. The van der Waals surface area contributed by atoms with Crippen LogP contribution in [-0.4, -0.2) is 24.1 Å². The van der Waals surface area contributed by atoms with E-state index in [9.17, 15) is 10.1 Å². The Kier molecular flexibility index (Phi) is 5.05. The molecule has 1 aliphatic rings. The Balaban J connectivity index is 2.30. The molecule has 1 aliphatic carbocycles. The van der Waals surface area contributed by atoms with E-state index in [0.29, 0.717) is 25.9 Å². The van der Waals surface area contributed by atoms with Gasteiger partial charge in [-0.25, -0.2) is 0 Å². The number of hydrogen-bond acceptors (Lipinski definition) is 4. The summed E-state index contributed by atoms with van der Waals surface area (Å²) in [5.41, 5.74) is 0. The van der Waals surface area contributed by atoms with Crippen molar-refractivity contribution in [2.45, 2.75) is 38.1 Å². The van der Waals surface area contributed by atoms with Gasteiger partial charge < -0.3 is 5.32 Å². The predicted molar refractivity (Wildman–Crippen MR) is 55.8 cm³/mol. The zero-order valence-corrected chi connectivity index (χ0v) is 8.82. The number of rotatable bonds is 5. The lowest BCUT2D eigenvalue weighted by Crippen LogP contribution is -2.38. The van der Waals surface area contributed by atoms with Crippen LogP contribution in [-0.2, 0) is 0 Å². The summed E-state index contributed by atoms with van der Waals surface area (Å²) in [4.78, 5) is 10.6. The van der Waals surface area contributed by atoms with Crippen LogP contribution in [0.5, 0.6) is 0 Å². The second kappa shape index (κ2) is 6.36. The van der Waals surface area contributed by atoms with Crippen molar-refractivity contribution in [1.29, 1.82) is 5.26 Å². The highest BCUT2D eigenvalue weighted by atomic mass is 16.6. The molecule has 0 radical (unpaired) electrons. The number of nitro groups is 1. The minimum Gasteiger partial charge on any atom is -0.315 e. The molecule has 0 aromatic rings. The molecule has 1 N–H and O–H groups in total. The maximum atomic E-state index is 10.8. The number of nitrogens with one attached hydrogen (secondary N) is 1. The van der Waals surface area contributed by atoms with Crippen molar-refractivity contribution in [3.63, 3.8) is 0 Å². The van der Waals surface area contributed by atoms with Crippen molar-refractivity contribution in [2.75, 3.05) is 13.1 Å². The van der Waals surface area contributed by atoms with Crippen molar-refractivity contribution in [1.82, 2.24) is 5.32 Å². The molecule has 0 bridgehead atoms. The normalized spacial score (nSPS) is 25.8. The van der Waals surface area contributed by atoms with Crippen LogP contribution >= 0.6 is 0 Å². The zero-order valence-electron chi connectivity index (χ0n) is 8.82. The van der Waals surface area contributed by atoms with E-state index in [-0.39, 0.29) is 16.9 Å². The highest BCUT2D eigenvalue weighted by Crippen LogP contribution is 2.25. The molecule has 5 heteroatoms. The Hall–Kier alpha value is -1.15. The van der Waals surface area contributed by atoms with Gasteiger partial charge in [-0.2, -0.15) is 5.26 Å². The van der Waals surface area contributed by atoms with Gasteiger partial charge in [-0.3, -0.25) is 10.1 Å². The summed E-state index contributed by atoms with van der Waals surface area (Å²) in [7, 11) is 0. The average molecular weight is 211 g/mol. The van der Waals surface area contributed by atoms with Crippen LogP contribution in [0.25, 0.3) is 0 Å². The topological polar surface area (TPSA) is 79.0 Å². The third-order valence-electron chi connectivity index (χ3n) is 2.96. The molecule has 0 heterocycles. The molecule has 0 saturated heterocycles. The molecule has 15 heavy (non-hydrogen) atoms. The summed E-state index contributed by atoms with van der Waals surface area (Å²) in [6.07, 6.45) is 4.17. The van der Waals surface area contributed by atoms with Crippen molar-refractivity contribution >= 4 is 0 Å². The molecule has 0 amide bonds. The van der Waals surface area contributed by atoms with Crippen molar-refractivity contribution in [3.05, 3.63) is 10.1 Å². The first-order chi connectivity index (χ1) is 7.25. The van der Waals surface area contributed by atoms with Crippen LogP contribution in [0.2, 0.25) is 0 Å². The van der Waals surface area contributed by atoms with Gasteiger partial charge in [0.1, 0.15) is 0 Å². The Morgan fingerprint density at radius 1 is 1.47 bits per heavy atom. The fourth-order valence-electron chi connectivity index (χ4n) is 2.14. The fraction of sp³-hybridized carbons (Fsp3) is 0.900. The smallest absolute Gasteiger partial charge is 0.217 e. The summed E-state index contributed by atoms with van der Waals surface area (Å²) in [6.45, 7) is 1.31. The lowest BCUT2D eigenvalue weighted by molar-refractivity contribution is -0.535. The third kappa shape index (κ3) is 3.84. The molecule has 84 valence electrons. The highest BCUT2D eigenvalue weighted by molar-refractivity contribution is 4.78. The highest BCUT2D eigenvalue weighted by Gasteiger charge is 2.33. The van der Waals surface area contributed by atoms with Crippen LogP contribution in [0.15, 0.2) is 0 Å². The summed E-state index contributed by atoms with van der Waals surface area (Å²) in [5.74, 6) is 0.146. The van der Waals surface area contributed by atoms with Crippen molar-refractivity contribution < 1.29 is 4.92 Å². The van der Waals surface area contributed by atoms with Crippen LogP contribution in [0.4, 0.5) is 0 Å². The monoisotopic (exact) mass is 211 g/mol. The van der Waals surface area contributed by atoms with Gasteiger partial charge in [0.05, 0.1) is 6.07 Å². The van der Waals surface area contributed by atoms with Gasteiger partial charge in [0.2, 0.25) is 6.04 Å². The first-order valence-electron chi connectivity index (χ1n) is 5.47. The largest absolute Gasteiger partial charge is 0.315 e. The lowest BCUT2D eigenvalue weighted by Gasteiger charge is -2.25. The maximum absolute atomic E-state index is 10.8. The molecule has 1 saturated carbocycles. The summed E-state index contributed by atoms with van der Waals surface area (Å²) in [6, 6.07) is 1.66. The van der Waals surface area contributed by atoms with Crippen LogP contribution < -0.4 is 5.32 Å². The molecule has 2 unspecified atom stereocenters. The van der Waals surface area contributed by atoms with Crippen molar-refractivity contribution in [2.24, 2.45) is 5.92 Å². The van der Waals surface area contributed by atoms with E-state index < -0.39 is 0 Å². The Morgan fingerprint density at radius 2 is 2.20 bits per heavy atom. The zero-order chi connectivity index (χ0) is 11.1. The molecule has 1 fully saturated rings. The summed E-state index contributed by atoms with van der Waals surface area (Å²) >= 11 is 0. The molecular formula is C10H17N3O2. The second-order valence-corrected chi connectivity index (χ2v) is 4.01. The van der Waals surface area contributed by atoms with E-state index in [1.807, 2.05) is 6.07 Å². The van der Waals surface area contributed by atoms with E-state index >= 15 is 0 Å². The molecule has 0 spiro atoms.